The van der Waals surface area contributed by atoms with E-state index in [0.717, 1.165) is 66.6 Å². The van der Waals surface area contributed by atoms with E-state index in [4.69, 9.17) is 15.0 Å². The van der Waals surface area contributed by atoms with Crippen molar-refractivity contribution in [2.24, 2.45) is 0 Å². The Balaban J connectivity index is 1.42. The van der Waals surface area contributed by atoms with Crippen molar-refractivity contribution in [3.63, 3.8) is 0 Å². The van der Waals surface area contributed by atoms with Gasteiger partial charge in [-0.3, -0.25) is 4.98 Å². The Bertz CT molecular complexity index is 1880. The van der Waals surface area contributed by atoms with Gasteiger partial charge in [0.25, 0.3) is 0 Å². The molecule has 3 heterocycles. The lowest BCUT2D eigenvalue weighted by Gasteiger charge is -2.12. The summed E-state index contributed by atoms with van der Waals surface area (Å²) in [5.41, 5.74) is 9.22. The van der Waals surface area contributed by atoms with Gasteiger partial charge >= 0.3 is 0 Å². The summed E-state index contributed by atoms with van der Waals surface area (Å²) in [5.74, 6) is 0. The van der Waals surface area contributed by atoms with Crippen LogP contribution in [0.1, 0.15) is 0 Å². The molecule has 168 valence electrons. The second kappa shape index (κ2) is 8.36. The first-order chi connectivity index (χ1) is 17.8. The molecule has 4 aromatic carbocycles. The molecule has 0 N–H and O–H groups in total. The average molecular weight is 461 g/mol. The smallest absolute Gasteiger partial charge is 0.0973 e. The van der Waals surface area contributed by atoms with E-state index < -0.39 is 0 Å². The number of hydrogen-bond donors (Lipinski definition) is 0. The van der Waals surface area contributed by atoms with Crippen LogP contribution in [0.2, 0.25) is 0 Å². The van der Waals surface area contributed by atoms with Crippen molar-refractivity contribution in [1.82, 2.24) is 19.9 Å². The number of fused-ring (bicyclic) bond motifs is 4. The second-order valence-corrected chi connectivity index (χ2v) is 8.77. The number of hydrogen-bond acceptors (Lipinski definition) is 4. The Hall–Kier alpha value is -4.96. The summed E-state index contributed by atoms with van der Waals surface area (Å²) >= 11 is 0. The molecule has 7 rings (SSSR count). The predicted octanol–water partition coefficient (Wildman–Crippen LogP) is 7.73. The molecule has 0 spiro atoms. The van der Waals surface area contributed by atoms with E-state index in [1.807, 2.05) is 54.7 Å². The van der Waals surface area contributed by atoms with Crippen LogP contribution in [0.5, 0.6) is 0 Å². The Morgan fingerprint density at radius 1 is 0.417 bits per heavy atom. The molecule has 7 aromatic rings. The maximum absolute atomic E-state index is 5.12. The quantitative estimate of drug-likeness (QED) is 0.253. The highest BCUT2D eigenvalue weighted by atomic mass is 14.8. The van der Waals surface area contributed by atoms with E-state index in [1.165, 1.54) is 0 Å². The number of benzene rings is 4. The van der Waals surface area contributed by atoms with E-state index >= 15 is 0 Å². The number of aromatic nitrogens is 4. The second-order valence-electron chi connectivity index (χ2n) is 8.77. The fourth-order valence-electron chi connectivity index (χ4n) is 4.69. The molecule has 0 bridgehead atoms. The van der Waals surface area contributed by atoms with E-state index in [1.54, 1.807) is 0 Å². The van der Waals surface area contributed by atoms with Gasteiger partial charge in [0.1, 0.15) is 0 Å². The molecule has 0 aliphatic rings. The summed E-state index contributed by atoms with van der Waals surface area (Å²) in [5, 5.41) is 2.16. The Labute approximate surface area is 208 Å². The van der Waals surface area contributed by atoms with Gasteiger partial charge in [-0.15, -0.1) is 0 Å². The molecule has 3 aromatic heterocycles. The van der Waals surface area contributed by atoms with Crippen LogP contribution < -0.4 is 0 Å². The standard InChI is InChI=1S/C32H20N4/c1-3-8-21(9-4-1)31-32(22-10-5-2-6-11-22)36-28-20-25(16-18-27(28)35-31)26-17-15-24-14-13-23-12-7-19-33-29(23)30(24)34-26/h1-20H. The summed E-state index contributed by atoms with van der Waals surface area (Å²) in [7, 11) is 0. The van der Waals surface area contributed by atoms with Gasteiger partial charge in [-0.1, -0.05) is 91.0 Å². The molecule has 0 amide bonds. The fourth-order valence-corrected chi connectivity index (χ4v) is 4.69. The van der Waals surface area contributed by atoms with Crippen LogP contribution in [-0.2, 0) is 0 Å². The highest BCUT2D eigenvalue weighted by Crippen LogP contribution is 2.33. The first-order valence-corrected chi connectivity index (χ1v) is 11.9. The van der Waals surface area contributed by atoms with Crippen LogP contribution in [0.3, 0.4) is 0 Å². The third-order valence-electron chi connectivity index (χ3n) is 6.49. The van der Waals surface area contributed by atoms with Crippen molar-refractivity contribution in [2.45, 2.75) is 0 Å². The van der Waals surface area contributed by atoms with Gasteiger partial charge in [-0.25, -0.2) is 15.0 Å². The topological polar surface area (TPSA) is 51.6 Å². The third kappa shape index (κ3) is 3.48. The monoisotopic (exact) mass is 460 g/mol. The zero-order chi connectivity index (χ0) is 23.9. The zero-order valence-corrected chi connectivity index (χ0v) is 19.3. The average Bonchev–Trinajstić information content (AvgIpc) is 2.97. The molecule has 0 aliphatic heterocycles. The molecular formula is C32H20N4. The van der Waals surface area contributed by atoms with Crippen molar-refractivity contribution in [2.75, 3.05) is 0 Å². The number of rotatable bonds is 3. The van der Waals surface area contributed by atoms with E-state index in [9.17, 15) is 0 Å². The molecule has 4 heteroatoms. The molecule has 0 aliphatic carbocycles. The molecule has 0 radical (unpaired) electrons. The molecule has 0 atom stereocenters. The minimum Gasteiger partial charge on any atom is -0.254 e. The van der Waals surface area contributed by atoms with Crippen LogP contribution in [-0.4, -0.2) is 19.9 Å². The zero-order valence-electron chi connectivity index (χ0n) is 19.3. The van der Waals surface area contributed by atoms with Crippen molar-refractivity contribution < 1.29 is 0 Å². The van der Waals surface area contributed by atoms with Crippen LogP contribution in [0.25, 0.3) is 66.6 Å². The first-order valence-electron chi connectivity index (χ1n) is 11.9. The van der Waals surface area contributed by atoms with Crippen LogP contribution in [0, 0.1) is 0 Å². The maximum atomic E-state index is 5.12. The molecule has 0 unspecified atom stereocenters. The van der Waals surface area contributed by atoms with Crippen LogP contribution >= 0.6 is 0 Å². The van der Waals surface area contributed by atoms with Crippen LogP contribution in [0.15, 0.2) is 121 Å². The van der Waals surface area contributed by atoms with Crippen molar-refractivity contribution in [3.05, 3.63) is 121 Å². The molecule has 0 fully saturated rings. The van der Waals surface area contributed by atoms with Crippen LogP contribution in [0.4, 0.5) is 0 Å². The lowest BCUT2D eigenvalue weighted by Crippen LogP contribution is -1.96. The Kier molecular flexibility index (Phi) is 4.74. The van der Waals surface area contributed by atoms with Gasteiger partial charge in [0.05, 0.1) is 39.1 Å². The molecular weight excluding hydrogens is 440 g/mol. The Morgan fingerprint density at radius 2 is 1.06 bits per heavy atom. The maximum Gasteiger partial charge on any atom is 0.0973 e. The highest BCUT2D eigenvalue weighted by Gasteiger charge is 2.14. The van der Waals surface area contributed by atoms with E-state index in [0.29, 0.717) is 0 Å². The highest BCUT2D eigenvalue weighted by molar-refractivity contribution is 6.03. The Morgan fingerprint density at radius 3 is 1.78 bits per heavy atom. The van der Waals surface area contributed by atoms with Gasteiger partial charge in [0.15, 0.2) is 0 Å². The van der Waals surface area contributed by atoms with Gasteiger partial charge in [-0.05, 0) is 24.3 Å². The largest absolute Gasteiger partial charge is 0.254 e. The van der Waals surface area contributed by atoms with Gasteiger partial charge in [0, 0.05) is 33.7 Å². The summed E-state index contributed by atoms with van der Waals surface area (Å²) in [6.45, 7) is 0. The summed E-state index contributed by atoms with van der Waals surface area (Å²) in [4.78, 5) is 19.8. The summed E-state index contributed by atoms with van der Waals surface area (Å²) < 4.78 is 0. The number of pyridine rings is 2. The normalized spacial score (nSPS) is 11.3. The molecule has 0 saturated carbocycles. The van der Waals surface area contributed by atoms with E-state index in [2.05, 4.69) is 71.7 Å². The van der Waals surface area contributed by atoms with Gasteiger partial charge in [-0.2, -0.15) is 0 Å². The van der Waals surface area contributed by atoms with E-state index in [-0.39, 0.29) is 0 Å². The van der Waals surface area contributed by atoms with Crippen molar-refractivity contribution in [3.8, 4) is 33.8 Å². The lowest BCUT2D eigenvalue weighted by molar-refractivity contribution is 1.29. The minimum atomic E-state index is 0.837. The minimum absolute atomic E-state index is 0.837. The molecule has 36 heavy (non-hydrogen) atoms. The predicted molar refractivity (Wildman–Crippen MR) is 146 cm³/mol. The third-order valence-corrected chi connectivity index (χ3v) is 6.49. The van der Waals surface area contributed by atoms with Crippen molar-refractivity contribution >= 4 is 32.8 Å². The first kappa shape index (κ1) is 20.4. The van der Waals surface area contributed by atoms with Gasteiger partial charge < -0.3 is 0 Å². The van der Waals surface area contributed by atoms with Gasteiger partial charge in [0.2, 0.25) is 0 Å². The summed E-state index contributed by atoms with van der Waals surface area (Å²) in [6, 6.07) is 39.0. The van der Waals surface area contributed by atoms with Crippen molar-refractivity contribution in [1.29, 1.82) is 0 Å². The number of nitrogens with zero attached hydrogens (tertiary/aromatic N) is 4. The summed E-state index contributed by atoms with van der Waals surface area (Å²) in [6.07, 6.45) is 1.82. The molecule has 4 nitrogen and oxygen atoms in total. The molecule has 0 saturated heterocycles. The lowest BCUT2D eigenvalue weighted by atomic mass is 10.0. The SMILES string of the molecule is c1ccc(-c2nc3ccc(-c4ccc5ccc6cccnc6c5n4)cc3nc2-c2ccccc2)cc1. The fraction of sp³-hybridized carbons (Fsp3) is 0.